The summed E-state index contributed by atoms with van der Waals surface area (Å²) in [5.41, 5.74) is 1.01. The molecule has 32 heavy (non-hydrogen) atoms. The number of nitrogens with zero attached hydrogens (tertiary/aromatic N) is 1. The molecule has 2 aromatic rings. The predicted molar refractivity (Wildman–Crippen MR) is 124 cm³/mol. The summed E-state index contributed by atoms with van der Waals surface area (Å²) in [6.45, 7) is 1.25. The fraction of sp³-hybridized carbons (Fsp3) is 0.182. The van der Waals surface area contributed by atoms with E-state index in [-0.39, 0.29) is 30.4 Å². The third-order valence-electron chi connectivity index (χ3n) is 4.41. The molecule has 1 heterocycles. The molecular weight excluding hydrogens is 475 g/mol. The summed E-state index contributed by atoms with van der Waals surface area (Å²) in [7, 11) is 0. The molecule has 0 bridgehead atoms. The van der Waals surface area contributed by atoms with Crippen molar-refractivity contribution in [3.8, 4) is 5.75 Å². The molecule has 0 aliphatic carbocycles. The molecule has 1 aliphatic heterocycles. The molecule has 166 valence electrons. The Bertz CT molecular complexity index is 1120. The molecule has 0 aromatic heterocycles. The van der Waals surface area contributed by atoms with Gasteiger partial charge in [-0.2, -0.15) is 0 Å². The standard InChI is InChI=1S/C22H18Cl2N2O5S/c1-13(27)14-4-2-6-16(10-14)31-12-19(28)25-8-9-26-21(29)18(32-22(26)30)11-15-5-3-7-17(23)20(15)24/h2-7,10-11H,8-9,12H2,1H3,(H,25,28). The lowest BCUT2D eigenvalue weighted by Gasteiger charge is -2.13. The van der Waals surface area contributed by atoms with E-state index in [2.05, 4.69) is 5.32 Å². The highest BCUT2D eigenvalue weighted by atomic mass is 35.5. The Morgan fingerprint density at radius 3 is 2.66 bits per heavy atom. The van der Waals surface area contributed by atoms with Gasteiger partial charge < -0.3 is 10.1 Å². The van der Waals surface area contributed by atoms with Gasteiger partial charge >= 0.3 is 0 Å². The number of carbonyl (C=O) groups is 4. The minimum absolute atomic E-state index is 0.0108. The van der Waals surface area contributed by atoms with Crippen molar-refractivity contribution in [3.63, 3.8) is 0 Å². The largest absolute Gasteiger partial charge is 0.484 e. The van der Waals surface area contributed by atoms with Gasteiger partial charge in [-0.25, -0.2) is 0 Å². The van der Waals surface area contributed by atoms with Crippen LogP contribution in [0.3, 0.4) is 0 Å². The second-order valence-corrected chi connectivity index (χ2v) is 8.48. The maximum atomic E-state index is 12.6. The molecule has 3 rings (SSSR count). The first-order chi connectivity index (χ1) is 15.3. The van der Waals surface area contributed by atoms with Gasteiger partial charge in [0.15, 0.2) is 12.4 Å². The Morgan fingerprint density at radius 2 is 1.91 bits per heavy atom. The SMILES string of the molecule is CC(=O)c1cccc(OCC(=O)NCCN2C(=O)SC(=Cc3cccc(Cl)c3Cl)C2=O)c1. The quantitative estimate of drug-likeness (QED) is 0.432. The molecule has 0 radical (unpaired) electrons. The van der Waals surface area contributed by atoms with E-state index in [0.717, 1.165) is 16.7 Å². The van der Waals surface area contributed by atoms with Gasteiger partial charge in [0, 0.05) is 18.7 Å². The third-order valence-corrected chi connectivity index (χ3v) is 6.15. The number of rotatable bonds is 8. The van der Waals surface area contributed by atoms with Crippen LogP contribution in [0, 0.1) is 0 Å². The second kappa shape index (κ2) is 10.7. The van der Waals surface area contributed by atoms with E-state index < -0.39 is 17.1 Å². The first-order valence-corrected chi connectivity index (χ1v) is 11.0. The number of ketones is 1. The van der Waals surface area contributed by atoms with E-state index in [1.807, 2.05) is 0 Å². The molecule has 1 fully saturated rings. The molecule has 2 aromatic carbocycles. The first-order valence-electron chi connectivity index (χ1n) is 9.46. The molecule has 10 heteroatoms. The number of hydrogen-bond acceptors (Lipinski definition) is 6. The Labute approximate surface area is 198 Å². The molecule has 7 nitrogen and oxygen atoms in total. The van der Waals surface area contributed by atoms with E-state index >= 15 is 0 Å². The van der Waals surface area contributed by atoms with Crippen LogP contribution in [0.4, 0.5) is 4.79 Å². The van der Waals surface area contributed by atoms with Crippen molar-refractivity contribution in [2.24, 2.45) is 0 Å². The Balaban J connectivity index is 1.51. The summed E-state index contributed by atoms with van der Waals surface area (Å²) in [6, 6.07) is 11.5. The lowest BCUT2D eigenvalue weighted by Crippen LogP contribution is -2.38. The van der Waals surface area contributed by atoms with Gasteiger partial charge in [0.2, 0.25) is 0 Å². The predicted octanol–water partition coefficient (Wildman–Crippen LogP) is 4.43. The monoisotopic (exact) mass is 492 g/mol. The fourth-order valence-corrected chi connectivity index (χ4v) is 4.00. The summed E-state index contributed by atoms with van der Waals surface area (Å²) in [5.74, 6) is -0.610. The summed E-state index contributed by atoms with van der Waals surface area (Å²) >= 11 is 12.9. The van der Waals surface area contributed by atoms with Crippen molar-refractivity contribution >= 4 is 63.9 Å². The minimum atomic E-state index is -0.470. The van der Waals surface area contributed by atoms with E-state index in [9.17, 15) is 19.2 Å². The number of benzene rings is 2. The highest BCUT2D eigenvalue weighted by Crippen LogP contribution is 2.34. The smallest absolute Gasteiger partial charge is 0.293 e. The zero-order valence-corrected chi connectivity index (χ0v) is 19.2. The lowest BCUT2D eigenvalue weighted by molar-refractivity contribution is -0.125. The molecule has 3 amide bonds. The van der Waals surface area contributed by atoms with Crippen molar-refractivity contribution in [3.05, 3.63) is 68.5 Å². The average Bonchev–Trinajstić information content (AvgIpc) is 3.03. The lowest BCUT2D eigenvalue weighted by atomic mass is 10.1. The van der Waals surface area contributed by atoms with Gasteiger partial charge in [-0.05, 0) is 48.5 Å². The summed E-state index contributed by atoms with van der Waals surface area (Å²) < 4.78 is 5.38. The number of halogens is 2. The molecule has 0 saturated carbocycles. The summed E-state index contributed by atoms with van der Waals surface area (Å²) in [4.78, 5) is 49.5. The highest BCUT2D eigenvalue weighted by Gasteiger charge is 2.34. The van der Waals surface area contributed by atoms with E-state index in [1.54, 1.807) is 42.5 Å². The van der Waals surface area contributed by atoms with Gasteiger partial charge in [-0.15, -0.1) is 0 Å². The van der Waals surface area contributed by atoms with Crippen LogP contribution in [-0.4, -0.2) is 47.4 Å². The van der Waals surface area contributed by atoms with E-state index in [4.69, 9.17) is 27.9 Å². The third kappa shape index (κ3) is 5.91. The van der Waals surface area contributed by atoms with Gasteiger partial charge in [0.25, 0.3) is 17.1 Å². The average molecular weight is 493 g/mol. The normalized spacial score (nSPS) is 14.7. The topological polar surface area (TPSA) is 92.8 Å². The molecule has 0 spiro atoms. The summed E-state index contributed by atoms with van der Waals surface area (Å²) in [5, 5.41) is 2.79. The van der Waals surface area contributed by atoms with Gasteiger partial charge in [0.1, 0.15) is 5.75 Å². The van der Waals surface area contributed by atoms with Crippen LogP contribution in [0.2, 0.25) is 10.0 Å². The number of nitrogens with one attached hydrogen (secondary N) is 1. The molecule has 1 saturated heterocycles. The minimum Gasteiger partial charge on any atom is -0.484 e. The van der Waals surface area contributed by atoms with Crippen LogP contribution in [0.5, 0.6) is 5.75 Å². The summed E-state index contributed by atoms with van der Waals surface area (Å²) in [6.07, 6.45) is 1.51. The van der Waals surface area contributed by atoms with Crippen LogP contribution >= 0.6 is 35.0 Å². The van der Waals surface area contributed by atoms with Crippen LogP contribution in [0.15, 0.2) is 47.4 Å². The van der Waals surface area contributed by atoms with Gasteiger partial charge in [-0.3, -0.25) is 24.1 Å². The first kappa shape index (κ1) is 23.8. The highest BCUT2D eigenvalue weighted by molar-refractivity contribution is 8.18. The number of amides is 3. The number of ether oxygens (including phenoxy) is 1. The molecule has 0 unspecified atom stereocenters. The molecular formula is C22H18Cl2N2O5S. The Kier molecular flexibility index (Phi) is 7.95. The van der Waals surface area contributed by atoms with Crippen LogP contribution < -0.4 is 10.1 Å². The fourth-order valence-electron chi connectivity index (χ4n) is 2.78. The van der Waals surface area contributed by atoms with Crippen molar-refractivity contribution in [1.29, 1.82) is 0 Å². The Morgan fingerprint density at radius 1 is 1.16 bits per heavy atom. The number of thioether (sulfide) groups is 1. The van der Waals surface area contributed by atoms with Crippen molar-refractivity contribution in [2.45, 2.75) is 6.92 Å². The second-order valence-electron chi connectivity index (χ2n) is 6.70. The van der Waals surface area contributed by atoms with Gasteiger partial charge in [-0.1, -0.05) is 47.5 Å². The van der Waals surface area contributed by atoms with Crippen LogP contribution in [-0.2, 0) is 9.59 Å². The van der Waals surface area contributed by atoms with E-state index in [1.165, 1.54) is 13.0 Å². The van der Waals surface area contributed by atoms with Crippen LogP contribution in [0.25, 0.3) is 6.08 Å². The van der Waals surface area contributed by atoms with Gasteiger partial charge in [0.05, 0.1) is 15.0 Å². The number of carbonyl (C=O) groups excluding carboxylic acids is 4. The maximum absolute atomic E-state index is 12.6. The zero-order valence-electron chi connectivity index (χ0n) is 16.9. The van der Waals surface area contributed by atoms with Crippen molar-refractivity contribution in [2.75, 3.05) is 19.7 Å². The Hall–Kier alpha value is -2.81. The van der Waals surface area contributed by atoms with Crippen molar-refractivity contribution in [1.82, 2.24) is 10.2 Å². The zero-order chi connectivity index (χ0) is 23.3. The maximum Gasteiger partial charge on any atom is 0.293 e. The molecule has 0 atom stereocenters. The number of hydrogen-bond donors (Lipinski definition) is 1. The molecule has 1 N–H and O–H groups in total. The van der Waals surface area contributed by atoms with Crippen molar-refractivity contribution < 1.29 is 23.9 Å². The van der Waals surface area contributed by atoms with Crippen LogP contribution in [0.1, 0.15) is 22.8 Å². The number of Topliss-reactive ketones (excluding diaryl/α,β-unsaturated/α-hetero) is 1. The number of imide groups is 1. The molecule has 1 aliphatic rings. The van der Waals surface area contributed by atoms with E-state index in [0.29, 0.717) is 26.9 Å².